The van der Waals surface area contributed by atoms with Crippen LogP contribution in [0.25, 0.3) is 0 Å². The third-order valence-electron chi connectivity index (χ3n) is 2.24. The van der Waals surface area contributed by atoms with Gasteiger partial charge in [0.2, 0.25) is 5.95 Å². The maximum Gasteiger partial charge on any atom is 0.433 e. The van der Waals surface area contributed by atoms with Crippen LogP contribution in [-0.4, -0.2) is 44.0 Å². The van der Waals surface area contributed by atoms with Gasteiger partial charge in [-0.1, -0.05) is 0 Å². The molecule has 1 rings (SSSR count). The monoisotopic (exact) mass is 312 g/mol. The Hall–Kier alpha value is -1.58. The summed E-state index contributed by atoms with van der Waals surface area (Å²) in [5.41, 5.74) is -1.07. The molecule has 0 fully saturated rings. The number of aromatic nitrogens is 2. The molecule has 114 valence electrons. The van der Waals surface area contributed by atoms with Crippen molar-refractivity contribution in [3.05, 3.63) is 11.8 Å². The minimum atomic E-state index is -4.57. The largest absolute Gasteiger partial charge is 0.433 e. The predicted octanol–water partition coefficient (Wildman–Crippen LogP) is 1.38. The Balaban J connectivity index is 2.75. The predicted molar refractivity (Wildman–Crippen MR) is 69.4 cm³/mol. The molecule has 0 bridgehead atoms. The highest BCUT2D eigenvalue weighted by molar-refractivity contribution is 7.90. The summed E-state index contributed by atoms with van der Waals surface area (Å²) in [4.78, 5) is 7.12. The van der Waals surface area contributed by atoms with E-state index in [0.29, 0.717) is 0 Å². The van der Waals surface area contributed by atoms with E-state index in [-0.39, 0.29) is 30.5 Å². The van der Waals surface area contributed by atoms with Crippen LogP contribution in [0, 0.1) is 0 Å². The zero-order chi connectivity index (χ0) is 15.4. The summed E-state index contributed by atoms with van der Waals surface area (Å²) in [5, 5.41) is 5.09. The molecule has 6 nitrogen and oxygen atoms in total. The van der Waals surface area contributed by atoms with Gasteiger partial charge in [-0.2, -0.15) is 18.2 Å². The minimum absolute atomic E-state index is 0.00910. The molecule has 2 N–H and O–H groups in total. The highest BCUT2D eigenvalue weighted by atomic mass is 32.2. The van der Waals surface area contributed by atoms with Crippen LogP contribution in [0.2, 0.25) is 0 Å². The smallest absolute Gasteiger partial charge is 0.370 e. The van der Waals surface area contributed by atoms with E-state index in [1.807, 2.05) is 0 Å². The van der Waals surface area contributed by atoms with Gasteiger partial charge < -0.3 is 10.6 Å². The second-order valence-corrected chi connectivity index (χ2v) is 6.38. The van der Waals surface area contributed by atoms with Gasteiger partial charge in [0.15, 0.2) is 5.69 Å². The molecule has 0 atom stereocenters. The van der Waals surface area contributed by atoms with Gasteiger partial charge in [0, 0.05) is 25.9 Å². The molecule has 0 aliphatic carbocycles. The molecule has 0 aliphatic heterocycles. The first-order chi connectivity index (χ1) is 9.12. The molecule has 0 spiro atoms. The maximum atomic E-state index is 12.6. The highest BCUT2D eigenvalue weighted by Crippen LogP contribution is 2.29. The van der Waals surface area contributed by atoms with Crippen molar-refractivity contribution < 1.29 is 21.6 Å². The van der Waals surface area contributed by atoms with Crippen LogP contribution >= 0.6 is 0 Å². The Morgan fingerprint density at radius 3 is 2.45 bits per heavy atom. The Labute approximate surface area is 114 Å². The van der Waals surface area contributed by atoms with Gasteiger partial charge in [0.05, 0.1) is 5.75 Å². The van der Waals surface area contributed by atoms with Gasteiger partial charge in [0.25, 0.3) is 0 Å². The van der Waals surface area contributed by atoms with E-state index in [1.165, 1.54) is 7.05 Å². The summed E-state index contributed by atoms with van der Waals surface area (Å²) in [6, 6.07) is 0.779. The Bertz CT molecular complexity index is 560. The van der Waals surface area contributed by atoms with Crippen molar-refractivity contribution in [2.75, 3.05) is 36.2 Å². The number of halogens is 3. The summed E-state index contributed by atoms with van der Waals surface area (Å²) in [7, 11) is -1.68. The van der Waals surface area contributed by atoms with E-state index >= 15 is 0 Å². The number of hydrogen-bond acceptors (Lipinski definition) is 6. The molecule has 0 unspecified atom stereocenters. The SMILES string of the molecule is CNc1nc(NCCCS(C)(=O)=O)cc(C(F)(F)F)n1. The lowest BCUT2D eigenvalue weighted by atomic mass is 10.3. The van der Waals surface area contributed by atoms with Crippen molar-refractivity contribution in [2.24, 2.45) is 0 Å². The quantitative estimate of drug-likeness (QED) is 0.772. The number of alkyl halides is 3. The van der Waals surface area contributed by atoms with Crippen LogP contribution in [0.15, 0.2) is 6.07 Å². The standard InChI is InChI=1S/C10H15F3N4O2S/c1-14-9-16-7(10(11,12)13)6-8(17-9)15-4-3-5-20(2,18)19/h6H,3-5H2,1-2H3,(H2,14,15,16,17). The first kappa shape index (κ1) is 16.5. The zero-order valence-electron chi connectivity index (χ0n) is 11.0. The first-order valence-electron chi connectivity index (χ1n) is 5.67. The van der Waals surface area contributed by atoms with Gasteiger partial charge in [-0.3, -0.25) is 0 Å². The van der Waals surface area contributed by atoms with Crippen molar-refractivity contribution in [1.29, 1.82) is 0 Å². The number of hydrogen-bond donors (Lipinski definition) is 2. The number of nitrogens with zero attached hydrogens (tertiary/aromatic N) is 2. The van der Waals surface area contributed by atoms with Crippen molar-refractivity contribution >= 4 is 21.6 Å². The average Bonchev–Trinajstić information content (AvgIpc) is 2.32. The Kier molecular flexibility index (Phi) is 5.15. The molecule has 1 aromatic rings. The lowest BCUT2D eigenvalue weighted by molar-refractivity contribution is -0.141. The second kappa shape index (κ2) is 6.25. The van der Waals surface area contributed by atoms with E-state index in [2.05, 4.69) is 20.6 Å². The van der Waals surface area contributed by atoms with Crippen molar-refractivity contribution in [2.45, 2.75) is 12.6 Å². The summed E-state index contributed by atoms with van der Waals surface area (Å²) in [6.07, 6.45) is -3.20. The molecule has 1 aromatic heterocycles. The van der Waals surface area contributed by atoms with Gasteiger partial charge in [0.1, 0.15) is 15.7 Å². The summed E-state index contributed by atoms with van der Waals surface area (Å²) in [5.74, 6) is -0.216. The normalized spacial score (nSPS) is 12.2. The lowest BCUT2D eigenvalue weighted by Gasteiger charge is -2.11. The highest BCUT2D eigenvalue weighted by Gasteiger charge is 2.33. The second-order valence-electron chi connectivity index (χ2n) is 4.12. The van der Waals surface area contributed by atoms with Crippen LogP contribution in [0.1, 0.15) is 12.1 Å². The number of nitrogens with one attached hydrogen (secondary N) is 2. The molecular formula is C10H15F3N4O2S. The van der Waals surface area contributed by atoms with Crippen LogP contribution in [0.5, 0.6) is 0 Å². The zero-order valence-corrected chi connectivity index (χ0v) is 11.8. The van der Waals surface area contributed by atoms with Crippen molar-refractivity contribution in [1.82, 2.24) is 9.97 Å². The summed E-state index contributed by atoms with van der Waals surface area (Å²) >= 11 is 0. The van der Waals surface area contributed by atoms with Crippen molar-refractivity contribution in [3.8, 4) is 0 Å². The summed E-state index contributed by atoms with van der Waals surface area (Å²) < 4.78 is 59.6. The number of sulfone groups is 1. The van der Waals surface area contributed by atoms with E-state index in [0.717, 1.165) is 12.3 Å². The molecule has 1 heterocycles. The van der Waals surface area contributed by atoms with Crippen LogP contribution < -0.4 is 10.6 Å². The maximum absolute atomic E-state index is 12.6. The topological polar surface area (TPSA) is 84.0 Å². The van der Waals surface area contributed by atoms with E-state index in [9.17, 15) is 21.6 Å². The molecule has 10 heteroatoms. The molecule has 0 radical (unpaired) electrons. The Morgan fingerprint density at radius 1 is 1.30 bits per heavy atom. The fourth-order valence-electron chi connectivity index (χ4n) is 1.35. The average molecular weight is 312 g/mol. The third-order valence-corrected chi connectivity index (χ3v) is 3.27. The Morgan fingerprint density at radius 2 is 1.95 bits per heavy atom. The molecule has 0 saturated carbocycles. The van der Waals surface area contributed by atoms with Gasteiger partial charge >= 0.3 is 6.18 Å². The molecule has 0 aromatic carbocycles. The number of anilines is 2. The van der Waals surface area contributed by atoms with Gasteiger partial charge in [-0.25, -0.2) is 13.4 Å². The molecule has 0 amide bonds. The summed E-state index contributed by atoms with van der Waals surface area (Å²) in [6.45, 7) is 0.199. The molecule has 0 aliphatic rings. The van der Waals surface area contributed by atoms with E-state index in [1.54, 1.807) is 0 Å². The van der Waals surface area contributed by atoms with Crippen LogP contribution in [0.3, 0.4) is 0 Å². The molecule has 0 saturated heterocycles. The minimum Gasteiger partial charge on any atom is -0.370 e. The van der Waals surface area contributed by atoms with Crippen LogP contribution in [-0.2, 0) is 16.0 Å². The van der Waals surface area contributed by atoms with Crippen LogP contribution in [0.4, 0.5) is 24.9 Å². The molecular weight excluding hydrogens is 297 g/mol. The fraction of sp³-hybridized carbons (Fsp3) is 0.600. The van der Waals surface area contributed by atoms with E-state index in [4.69, 9.17) is 0 Å². The first-order valence-corrected chi connectivity index (χ1v) is 7.73. The van der Waals surface area contributed by atoms with Gasteiger partial charge in [-0.05, 0) is 6.42 Å². The van der Waals surface area contributed by atoms with E-state index < -0.39 is 21.7 Å². The number of rotatable bonds is 6. The molecule has 20 heavy (non-hydrogen) atoms. The lowest BCUT2D eigenvalue weighted by Crippen LogP contribution is -2.14. The van der Waals surface area contributed by atoms with Gasteiger partial charge in [-0.15, -0.1) is 0 Å². The fourth-order valence-corrected chi connectivity index (χ4v) is 2.01. The third kappa shape index (κ3) is 5.59. The van der Waals surface area contributed by atoms with Crippen molar-refractivity contribution in [3.63, 3.8) is 0 Å².